The molecule has 0 aliphatic carbocycles. The summed E-state index contributed by atoms with van der Waals surface area (Å²) in [6.07, 6.45) is -0.400. The Hall–Kier alpha value is -2.33. The lowest BCUT2D eigenvalue weighted by Gasteiger charge is -2.19. The minimum absolute atomic E-state index is 0.0502. The smallest absolute Gasteiger partial charge is 0.340 e. The molecule has 0 bridgehead atoms. The minimum Gasteiger partial charge on any atom is -0.492 e. The largest absolute Gasteiger partial charge is 0.492 e. The zero-order valence-electron chi connectivity index (χ0n) is 11.8. The number of nitrogens with one attached hydrogen (secondary N) is 1. The average Bonchev–Trinajstić information content (AvgIpc) is 2.83. The molecule has 0 saturated heterocycles. The fraction of sp³-hybridized carbons (Fsp3) is 0.235. The van der Waals surface area contributed by atoms with Crippen LogP contribution in [-0.2, 0) is 4.74 Å². The topological polar surface area (TPSA) is 47.6 Å². The molecule has 1 aliphatic heterocycles. The van der Waals surface area contributed by atoms with E-state index in [4.69, 9.17) is 9.47 Å². The molecular formula is C17H17NO3. The van der Waals surface area contributed by atoms with Crippen LogP contribution < -0.4 is 10.1 Å². The molecular weight excluding hydrogens is 266 g/mol. The molecule has 0 spiro atoms. The number of cyclic esters (lactones) is 1. The van der Waals surface area contributed by atoms with Crippen LogP contribution in [-0.4, -0.2) is 18.6 Å². The Morgan fingerprint density at radius 1 is 1.14 bits per heavy atom. The van der Waals surface area contributed by atoms with Crippen LogP contribution in [0.25, 0.3) is 0 Å². The van der Waals surface area contributed by atoms with E-state index in [9.17, 15) is 4.79 Å². The summed E-state index contributed by atoms with van der Waals surface area (Å²) in [4.78, 5) is 11.7. The van der Waals surface area contributed by atoms with Gasteiger partial charge in [-0.25, -0.2) is 4.79 Å². The first-order chi connectivity index (χ1) is 10.2. The summed E-state index contributed by atoms with van der Waals surface area (Å²) in [5.41, 5.74) is 1.51. The van der Waals surface area contributed by atoms with Crippen molar-refractivity contribution in [3.63, 3.8) is 0 Å². The Bertz CT molecular complexity index is 627. The highest BCUT2D eigenvalue weighted by Crippen LogP contribution is 2.28. The van der Waals surface area contributed by atoms with Crippen molar-refractivity contribution in [2.24, 2.45) is 0 Å². The van der Waals surface area contributed by atoms with Crippen LogP contribution in [0.4, 0.5) is 0 Å². The van der Waals surface area contributed by atoms with E-state index in [-0.39, 0.29) is 12.0 Å². The maximum Gasteiger partial charge on any atom is 0.340 e. The lowest BCUT2D eigenvalue weighted by molar-refractivity contribution is 0.0264. The third kappa shape index (κ3) is 3.06. The van der Waals surface area contributed by atoms with E-state index >= 15 is 0 Å². The first kappa shape index (κ1) is 13.6. The number of rotatable bonds is 5. The molecule has 2 unspecified atom stereocenters. The standard InChI is InChI=1S/C17H17NO3/c1-12(11-20-13-7-3-2-4-8-13)18-16-14-9-5-6-10-15(14)17(19)21-16/h2-10,12,16,18H,11H2,1H3. The van der Waals surface area contributed by atoms with Crippen molar-refractivity contribution < 1.29 is 14.3 Å². The van der Waals surface area contributed by atoms with Gasteiger partial charge in [-0.3, -0.25) is 5.32 Å². The molecule has 2 aromatic carbocycles. The van der Waals surface area contributed by atoms with Gasteiger partial charge >= 0.3 is 5.97 Å². The summed E-state index contributed by atoms with van der Waals surface area (Å²) in [5, 5.41) is 3.27. The van der Waals surface area contributed by atoms with Gasteiger partial charge in [0.05, 0.1) is 5.56 Å². The minimum atomic E-state index is -0.400. The molecule has 0 fully saturated rings. The first-order valence-electron chi connectivity index (χ1n) is 6.98. The second-order valence-corrected chi connectivity index (χ2v) is 5.06. The van der Waals surface area contributed by atoms with E-state index < -0.39 is 6.23 Å². The van der Waals surface area contributed by atoms with Crippen molar-refractivity contribution in [2.75, 3.05) is 6.61 Å². The number of esters is 1. The zero-order chi connectivity index (χ0) is 14.7. The monoisotopic (exact) mass is 283 g/mol. The molecule has 4 heteroatoms. The lowest BCUT2D eigenvalue weighted by atomic mass is 10.1. The van der Waals surface area contributed by atoms with Crippen LogP contribution in [0.1, 0.15) is 29.1 Å². The summed E-state index contributed by atoms with van der Waals surface area (Å²) in [5.74, 6) is 0.550. The van der Waals surface area contributed by atoms with Crippen molar-refractivity contribution in [1.82, 2.24) is 5.32 Å². The number of carbonyl (C=O) groups is 1. The Morgan fingerprint density at radius 2 is 1.86 bits per heavy atom. The second-order valence-electron chi connectivity index (χ2n) is 5.06. The van der Waals surface area contributed by atoms with Gasteiger partial charge in [0.25, 0.3) is 0 Å². The maximum absolute atomic E-state index is 11.7. The number of fused-ring (bicyclic) bond motifs is 1. The molecule has 2 aromatic rings. The summed E-state index contributed by atoms with van der Waals surface area (Å²) in [6.45, 7) is 2.50. The maximum atomic E-state index is 11.7. The lowest BCUT2D eigenvalue weighted by Crippen LogP contribution is -2.35. The number of benzene rings is 2. The van der Waals surface area contributed by atoms with Crippen molar-refractivity contribution in [3.05, 3.63) is 65.7 Å². The van der Waals surface area contributed by atoms with Crippen LogP contribution in [0, 0.1) is 0 Å². The van der Waals surface area contributed by atoms with Crippen LogP contribution in [0.2, 0.25) is 0 Å². The van der Waals surface area contributed by atoms with Crippen LogP contribution in [0.5, 0.6) is 5.75 Å². The van der Waals surface area contributed by atoms with Gasteiger partial charge in [0, 0.05) is 11.6 Å². The number of carbonyl (C=O) groups excluding carboxylic acids is 1. The summed E-state index contributed by atoms with van der Waals surface area (Å²) in [7, 11) is 0. The predicted octanol–water partition coefficient (Wildman–Crippen LogP) is 2.91. The molecule has 0 saturated carbocycles. The van der Waals surface area contributed by atoms with Crippen molar-refractivity contribution in [3.8, 4) is 5.75 Å². The highest BCUT2D eigenvalue weighted by Gasteiger charge is 2.31. The van der Waals surface area contributed by atoms with Gasteiger partial charge < -0.3 is 9.47 Å². The molecule has 1 N–H and O–H groups in total. The molecule has 1 aliphatic rings. The molecule has 3 rings (SSSR count). The number of para-hydroxylation sites is 1. The average molecular weight is 283 g/mol. The molecule has 4 nitrogen and oxygen atoms in total. The highest BCUT2D eigenvalue weighted by atomic mass is 16.6. The fourth-order valence-electron chi connectivity index (χ4n) is 2.31. The Kier molecular flexibility index (Phi) is 3.88. The van der Waals surface area contributed by atoms with Gasteiger partial charge in [0.2, 0.25) is 0 Å². The summed E-state index contributed by atoms with van der Waals surface area (Å²) >= 11 is 0. The van der Waals surface area contributed by atoms with Gasteiger partial charge in [-0.1, -0.05) is 36.4 Å². The molecule has 0 aromatic heterocycles. The number of hydrogen-bond donors (Lipinski definition) is 1. The van der Waals surface area contributed by atoms with E-state index in [0.29, 0.717) is 12.2 Å². The van der Waals surface area contributed by atoms with Crippen molar-refractivity contribution in [1.29, 1.82) is 0 Å². The molecule has 0 radical (unpaired) electrons. The van der Waals surface area contributed by atoms with E-state index in [1.54, 1.807) is 6.07 Å². The molecule has 1 heterocycles. The zero-order valence-corrected chi connectivity index (χ0v) is 11.8. The summed E-state index contributed by atoms with van der Waals surface area (Å²) in [6, 6.07) is 17.1. The Labute approximate surface area is 123 Å². The quantitative estimate of drug-likeness (QED) is 0.857. The molecule has 0 amide bonds. The Morgan fingerprint density at radius 3 is 2.67 bits per heavy atom. The predicted molar refractivity (Wildman–Crippen MR) is 79.1 cm³/mol. The first-order valence-corrected chi connectivity index (χ1v) is 6.98. The van der Waals surface area contributed by atoms with Gasteiger partial charge in [-0.05, 0) is 25.1 Å². The third-order valence-electron chi connectivity index (χ3n) is 3.37. The van der Waals surface area contributed by atoms with Crippen molar-refractivity contribution >= 4 is 5.97 Å². The van der Waals surface area contributed by atoms with Crippen molar-refractivity contribution in [2.45, 2.75) is 19.2 Å². The normalized spacial score (nSPS) is 18.0. The number of hydrogen-bond acceptors (Lipinski definition) is 4. The Balaban J connectivity index is 1.59. The second kappa shape index (κ2) is 5.97. The molecule has 108 valence electrons. The summed E-state index contributed by atoms with van der Waals surface area (Å²) < 4.78 is 11.0. The van der Waals surface area contributed by atoms with Gasteiger partial charge in [0.1, 0.15) is 12.4 Å². The SMILES string of the molecule is CC(COc1ccccc1)NC1OC(=O)c2ccccc21. The molecule has 21 heavy (non-hydrogen) atoms. The van der Waals surface area contributed by atoms with Crippen LogP contribution in [0.3, 0.4) is 0 Å². The molecule has 2 atom stereocenters. The van der Waals surface area contributed by atoms with Crippen LogP contribution in [0.15, 0.2) is 54.6 Å². The third-order valence-corrected chi connectivity index (χ3v) is 3.37. The van der Waals surface area contributed by atoms with Gasteiger partial charge in [-0.2, -0.15) is 0 Å². The van der Waals surface area contributed by atoms with E-state index in [2.05, 4.69) is 5.32 Å². The van der Waals surface area contributed by atoms with Gasteiger partial charge in [0.15, 0.2) is 6.23 Å². The van der Waals surface area contributed by atoms with Gasteiger partial charge in [-0.15, -0.1) is 0 Å². The fourth-order valence-corrected chi connectivity index (χ4v) is 2.31. The van der Waals surface area contributed by atoms with E-state index in [1.807, 2.05) is 55.5 Å². The van der Waals surface area contributed by atoms with E-state index in [1.165, 1.54) is 0 Å². The van der Waals surface area contributed by atoms with E-state index in [0.717, 1.165) is 11.3 Å². The highest BCUT2D eigenvalue weighted by molar-refractivity contribution is 5.93. The van der Waals surface area contributed by atoms with Crippen LogP contribution >= 0.6 is 0 Å². The number of ether oxygens (including phenoxy) is 2.